The number of aromatic nitrogens is 2. The van der Waals surface area contributed by atoms with Crippen molar-refractivity contribution in [2.45, 2.75) is 172 Å². The van der Waals surface area contributed by atoms with Gasteiger partial charge in [-0.3, -0.25) is 4.79 Å². The van der Waals surface area contributed by atoms with Gasteiger partial charge in [-0.1, -0.05) is 82.5 Å². The summed E-state index contributed by atoms with van der Waals surface area (Å²) in [5, 5.41) is 11.4. The van der Waals surface area contributed by atoms with Crippen LogP contribution in [0, 0.1) is 13.8 Å². The van der Waals surface area contributed by atoms with Gasteiger partial charge in [0.15, 0.2) is 11.4 Å². The average Bonchev–Trinajstić information content (AvgIpc) is 3.92. The Labute approximate surface area is 347 Å². The molecule has 3 unspecified atom stereocenters. The molecule has 0 radical (unpaired) electrons. The standard InChI is InChI=1S/C21H29N3O2.C12H18N2O5.C4H8O.C4H10.C4H8/c1-15(22)20-23-19(16(2)26-20)21(25)24-14-8-13-18(24)12-7-6-11-17-9-4-3-5-10-17;1-6(13-11(17)19-12(3,4)5)9-14-8(10(15)16)7(2)18-9;1-3-4(2)5;2*1-3-4-2/h3-5,9-10,15,18H,6-8,11-14,22H2,1-2H3;6H,1-5H3,(H,13,17)(H,15,16);3H2,1-2H3;3-4H2,1-2H3;3-4H,1-2H3/b;;;;4-3+. The van der Waals surface area contributed by atoms with E-state index in [1.807, 2.05) is 50.8 Å². The highest BCUT2D eigenvalue weighted by molar-refractivity contribution is 5.93. The molecule has 3 heterocycles. The molecule has 1 aliphatic heterocycles. The van der Waals surface area contributed by atoms with Gasteiger partial charge in [-0.2, -0.15) is 0 Å². The fraction of sp³-hybridized carbons (Fsp3) is 0.600. The summed E-state index contributed by atoms with van der Waals surface area (Å²) in [6.07, 6.45) is 13.3. The maximum Gasteiger partial charge on any atom is 0.408 e. The first-order chi connectivity index (χ1) is 27.3. The van der Waals surface area contributed by atoms with Gasteiger partial charge < -0.3 is 39.4 Å². The molecule has 1 saturated heterocycles. The number of likely N-dealkylation sites (tertiary alicyclic amines) is 1. The largest absolute Gasteiger partial charge is 0.476 e. The number of allylic oxidation sites excluding steroid dienone is 2. The fourth-order valence-electron chi connectivity index (χ4n) is 5.05. The number of carbonyl (C=O) groups is 4. The van der Waals surface area contributed by atoms with Gasteiger partial charge in [-0.05, 0) is 107 Å². The van der Waals surface area contributed by atoms with Gasteiger partial charge >= 0.3 is 12.1 Å². The van der Waals surface area contributed by atoms with Gasteiger partial charge in [0.25, 0.3) is 5.91 Å². The number of carboxylic acid groups (broad SMARTS) is 1. The zero-order valence-corrected chi connectivity index (χ0v) is 37.6. The number of aromatic carboxylic acids is 1. The number of benzene rings is 1. The normalized spacial score (nSPS) is 14.2. The van der Waals surface area contributed by atoms with Gasteiger partial charge in [0, 0.05) is 19.0 Å². The number of Topliss-reactive ketones (excluding diaryl/α,β-unsaturated/α-hetero) is 1. The van der Waals surface area contributed by atoms with E-state index < -0.39 is 23.7 Å². The molecule has 0 bridgehead atoms. The molecule has 1 aromatic carbocycles. The second-order valence-electron chi connectivity index (χ2n) is 15.1. The molecule has 1 aliphatic rings. The topological polar surface area (TPSA) is 191 Å². The molecule has 58 heavy (non-hydrogen) atoms. The molecule has 0 saturated carbocycles. The van der Waals surface area contributed by atoms with E-state index >= 15 is 0 Å². The lowest BCUT2D eigenvalue weighted by Crippen LogP contribution is -2.36. The Balaban J connectivity index is 0.000000883. The lowest BCUT2D eigenvalue weighted by atomic mass is 10.0. The van der Waals surface area contributed by atoms with Crippen molar-refractivity contribution in [1.29, 1.82) is 0 Å². The number of unbranched alkanes of at least 4 members (excludes halogenated alkanes) is 2. The SMILES string of the molecule is C/C=C/C.CCC(C)=O.CCCC.Cc1oc(C(C)N)nc1C(=O)N1CCCC1CCCCc1ccccc1.Cc1oc(C(C)NC(=O)OC(C)(C)C)nc1C(=O)O. The second kappa shape index (κ2) is 28.6. The molecule has 4 N–H and O–H groups in total. The molecule has 2 amide bonds. The molecule has 1 fully saturated rings. The molecule has 326 valence electrons. The number of aryl methyl sites for hydroxylation is 3. The summed E-state index contributed by atoms with van der Waals surface area (Å²) < 4.78 is 15.8. The van der Waals surface area contributed by atoms with Crippen molar-refractivity contribution in [2.24, 2.45) is 5.73 Å². The number of amides is 2. The molecule has 0 spiro atoms. The molecule has 2 aromatic heterocycles. The summed E-state index contributed by atoms with van der Waals surface area (Å²) in [7, 11) is 0. The highest BCUT2D eigenvalue weighted by Gasteiger charge is 2.32. The highest BCUT2D eigenvalue weighted by atomic mass is 16.6. The Hall–Kier alpha value is -4.78. The number of ether oxygens (including phenoxy) is 1. The monoisotopic (exact) mass is 812 g/mol. The van der Waals surface area contributed by atoms with Crippen molar-refractivity contribution < 1.29 is 37.9 Å². The lowest BCUT2D eigenvalue weighted by molar-refractivity contribution is -0.116. The van der Waals surface area contributed by atoms with Crippen LogP contribution in [0.2, 0.25) is 0 Å². The maximum atomic E-state index is 12.9. The van der Waals surface area contributed by atoms with Gasteiger partial charge in [0.05, 0.1) is 6.04 Å². The van der Waals surface area contributed by atoms with E-state index in [1.165, 1.54) is 25.3 Å². The quantitative estimate of drug-likeness (QED) is 0.116. The number of nitrogens with two attached hydrogens (primary N) is 1. The fourth-order valence-corrected chi connectivity index (χ4v) is 5.05. The van der Waals surface area contributed by atoms with Gasteiger partial charge in [0.2, 0.25) is 11.8 Å². The number of alkyl carbamates (subject to hydrolysis) is 1. The number of hydrogen-bond acceptors (Lipinski definition) is 10. The van der Waals surface area contributed by atoms with Gasteiger partial charge in [-0.15, -0.1) is 0 Å². The van der Waals surface area contributed by atoms with Crippen LogP contribution in [0.3, 0.4) is 0 Å². The van der Waals surface area contributed by atoms with E-state index in [0.717, 1.165) is 45.1 Å². The number of carboxylic acids is 1. The smallest absolute Gasteiger partial charge is 0.408 e. The molecular formula is C45H73N5O8. The van der Waals surface area contributed by atoms with Gasteiger partial charge in [0.1, 0.15) is 28.9 Å². The third-order valence-corrected chi connectivity index (χ3v) is 8.59. The summed E-state index contributed by atoms with van der Waals surface area (Å²) in [6.45, 7) is 24.6. The van der Waals surface area contributed by atoms with Crippen LogP contribution >= 0.6 is 0 Å². The van der Waals surface area contributed by atoms with Crippen LogP contribution in [0.1, 0.15) is 189 Å². The predicted octanol–water partition coefficient (Wildman–Crippen LogP) is 10.7. The molecule has 3 atom stereocenters. The minimum absolute atomic E-state index is 0.0105. The Bertz CT molecular complexity index is 1650. The van der Waals surface area contributed by atoms with Crippen molar-refractivity contribution in [1.82, 2.24) is 20.2 Å². The number of nitrogens with one attached hydrogen (secondary N) is 1. The summed E-state index contributed by atoms with van der Waals surface area (Å²) in [5.74, 6) is 0.397. The van der Waals surface area contributed by atoms with E-state index in [0.29, 0.717) is 29.8 Å². The Morgan fingerprint density at radius 2 is 1.48 bits per heavy atom. The van der Waals surface area contributed by atoms with Crippen LogP contribution in [-0.4, -0.2) is 61.9 Å². The molecule has 0 aliphatic carbocycles. The van der Waals surface area contributed by atoms with E-state index in [1.54, 1.807) is 41.5 Å². The van der Waals surface area contributed by atoms with E-state index in [4.69, 9.17) is 24.4 Å². The average molecular weight is 812 g/mol. The van der Waals surface area contributed by atoms with Crippen LogP contribution in [0.4, 0.5) is 4.79 Å². The summed E-state index contributed by atoms with van der Waals surface area (Å²) in [6, 6.07) is 10.0. The van der Waals surface area contributed by atoms with Crippen LogP contribution < -0.4 is 11.1 Å². The maximum absolute atomic E-state index is 12.9. The number of oxazole rings is 2. The van der Waals surface area contributed by atoms with E-state index in [2.05, 4.69) is 53.4 Å². The van der Waals surface area contributed by atoms with Crippen molar-refractivity contribution in [2.75, 3.05) is 6.54 Å². The molecule has 4 rings (SSSR count). The predicted molar refractivity (Wildman–Crippen MR) is 230 cm³/mol. The van der Waals surface area contributed by atoms with E-state index in [-0.39, 0.29) is 35.1 Å². The molecular weight excluding hydrogens is 739 g/mol. The van der Waals surface area contributed by atoms with Crippen molar-refractivity contribution in [3.05, 3.63) is 82.7 Å². The summed E-state index contributed by atoms with van der Waals surface area (Å²) in [4.78, 5) is 55.3. The number of nitrogens with zero attached hydrogens (tertiary/aromatic N) is 3. The highest BCUT2D eigenvalue weighted by Crippen LogP contribution is 2.26. The third-order valence-electron chi connectivity index (χ3n) is 8.59. The first kappa shape index (κ1) is 53.2. The Kier molecular flexibility index (Phi) is 26.2. The first-order valence-corrected chi connectivity index (χ1v) is 20.6. The Morgan fingerprint density at radius 1 is 0.948 bits per heavy atom. The van der Waals surface area contributed by atoms with Crippen LogP contribution in [0.15, 0.2) is 51.3 Å². The minimum Gasteiger partial charge on any atom is -0.476 e. The van der Waals surface area contributed by atoms with Crippen LogP contribution in [0.5, 0.6) is 0 Å². The minimum atomic E-state index is -1.17. The zero-order chi connectivity index (χ0) is 44.4. The lowest BCUT2D eigenvalue weighted by Gasteiger charge is -2.24. The summed E-state index contributed by atoms with van der Waals surface area (Å²) >= 11 is 0. The molecule has 3 aromatic rings. The number of carbonyl (C=O) groups excluding carboxylic acids is 3. The first-order valence-electron chi connectivity index (χ1n) is 20.6. The third kappa shape index (κ3) is 21.7. The van der Waals surface area contributed by atoms with Crippen LogP contribution in [0.25, 0.3) is 0 Å². The second-order valence-corrected chi connectivity index (χ2v) is 15.1. The van der Waals surface area contributed by atoms with Crippen LogP contribution in [-0.2, 0) is 16.0 Å². The summed E-state index contributed by atoms with van der Waals surface area (Å²) in [5.41, 5.74) is 6.86. The Morgan fingerprint density at radius 3 is 1.93 bits per heavy atom. The van der Waals surface area contributed by atoms with E-state index in [9.17, 15) is 19.2 Å². The zero-order valence-electron chi connectivity index (χ0n) is 37.6. The van der Waals surface area contributed by atoms with Crippen molar-refractivity contribution >= 4 is 23.8 Å². The van der Waals surface area contributed by atoms with Crippen molar-refractivity contribution in [3.8, 4) is 0 Å². The number of hydrogen-bond donors (Lipinski definition) is 3. The molecule has 13 nitrogen and oxygen atoms in total. The van der Waals surface area contributed by atoms with Crippen molar-refractivity contribution in [3.63, 3.8) is 0 Å². The molecule has 13 heteroatoms. The number of ketones is 1. The van der Waals surface area contributed by atoms with Gasteiger partial charge in [-0.25, -0.2) is 19.6 Å². The number of rotatable bonds is 12.